The summed E-state index contributed by atoms with van der Waals surface area (Å²) in [5, 5.41) is 7.30. The van der Waals surface area contributed by atoms with Crippen LogP contribution in [0, 0.1) is 0 Å². The predicted octanol–water partition coefficient (Wildman–Crippen LogP) is 2.32. The molecule has 1 atom stereocenters. The van der Waals surface area contributed by atoms with Crippen LogP contribution in [0.5, 0.6) is 0 Å². The average molecular weight is 402 g/mol. The van der Waals surface area contributed by atoms with E-state index in [2.05, 4.69) is 75.0 Å². The first-order valence-corrected chi connectivity index (χ1v) is 10.7. The van der Waals surface area contributed by atoms with Crippen LogP contribution in [0.15, 0.2) is 60.7 Å². The summed E-state index contributed by atoms with van der Waals surface area (Å²) in [6.07, 6.45) is 0.988. The maximum absolute atomic E-state index is 11.4. The zero-order valence-corrected chi connectivity index (χ0v) is 17.1. The van der Waals surface area contributed by atoms with Gasteiger partial charge in [0.05, 0.1) is 12.1 Å². The fourth-order valence-corrected chi connectivity index (χ4v) is 4.25. The lowest BCUT2D eigenvalue weighted by molar-refractivity contribution is -0.118. The second-order valence-corrected chi connectivity index (χ2v) is 8.06. The van der Waals surface area contributed by atoms with Crippen LogP contribution in [0.2, 0.25) is 0 Å². The van der Waals surface area contributed by atoms with E-state index in [1.807, 2.05) is 6.07 Å². The van der Waals surface area contributed by atoms with Crippen molar-refractivity contribution < 1.29 is 4.79 Å². The van der Waals surface area contributed by atoms with Gasteiger partial charge in [-0.05, 0) is 35.7 Å². The molecular weight excluding hydrogens is 374 g/mol. The van der Waals surface area contributed by atoms with Crippen LogP contribution >= 0.6 is 0 Å². The highest BCUT2D eigenvalue weighted by Crippen LogP contribution is 2.19. The van der Waals surface area contributed by atoms with Crippen LogP contribution in [-0.4, -0.2) is 55.1 Å². The third-order valence-corrected chi connectivity index (χ3v) is 6.08. The number of rotatable bonds is 5. The monoisotopic (exact) mass is 401 g/mol. The minimum absolute atomic E-state index is 0.0525. The van der Waals surface area contributed by atoms with Crippen molar-refractivity contribution in [1.82, 2.24) is 20.5 Å². The van der Waals surface area contributed by atoms with Crippen molar-refractivity contribution in [2.45, 2.75) is 12.6 Å². The lowest BCUT2D eigenvalue weighted by Gasteiger charge is -2.35. The summed E-state index contributed by atoms with van der Waals surface area (Å²) in [5.74, 6) is 1.14. The fourth-order valence-electron chi connectivity index (χ4n) is 4.25. The molecule has 6 heteroatoms. The fraction of sp³-hybridized carbons (Fsp3) is 0.333. The second kappa shape index (κ2) is 8.42. The molecule has 6 nitrogen and oxygen atoms in total. The van der Waals surface area contributed by atoms with Crippen molar-refractivity contribution in [2.24, 2.45) is 0 Å². The Morgan fingerprint density at radius 2 is 1.73 bits per heavy atom. The molecule has 30 heavy (non-hydrogen) atoms. The molecule has 154 valence electrons. The van der Waals surface area contributed by atoms with Gasteiger partial charge in [-0.3, -0.25) is 15.0 Å². The molecule has 3 heterocycles. The van der Waals surface area contributed by atoms with Gasteiger partial charge in [0, 0.05) is 38.1 Å². The van der Waals surface area contributed by atoms with Crippen molar-refractivity contribution in [1.29, 1.82) is 0 Å². The van der Waals surface area contributed by atoms with Gasteiger partial charge in [0.15, 0.2) is 0 Å². The summed E-state index contributed by atoms with van der Waals surface area (Å²) in [6.45, 7) is 5.60. The first-order chi connectivity index (χ1) is 14.7. The average Bonchev–Trinajstić information content (AvgIpc) is 3.24. The van der Waals surface area contributed by atoms with Crippen molar-refractivity contribution >= 4 is 22.6 Å². The first-order valence-electron chi connectivity index (χ1n) is 10.7. The standard InChI is InChI=1S/C24H27N5O/c30-23-17-25-24(27-23)20-7-5-18(6-8-20)11-12-28-13-15-29(16-14-28)22-10-9-19-3-1-2-4-21(19)26-22/h1-10,24-25H,11-17H2,(H,27,30). The Bertz CT molecular complexity index is 1030. The van der Waals surface area contributed by atoms with E-state index >= 15 is 0 Å². The minimum atomic E-state index is -0.0525. The van der Waals surface area contributed by atoms with Gasteiger partial charge in [-0.1, -0.05) is 42.5 Å². The van der Waals surface area contributed by atoms with Gasteiger partial charge in [0.25, 0.3) is 0 Å². The van der Waals surface area contributed by atoms with Crippen LogP contribution < -0.4 is 15.5 Å². The number of fused-ring (bicyclic) bond motifs is 1. The highest BCUT2D eigenvalue weighted by molar-refractivity contribution is 5.81. The van der Waals surface area contributed by atoms with Crippen molar-refractivity contribution in [3.8, 4) is 0 Å². The van der Waals surface area contributed by atoms with Gasteiger partial charge in [-0.2, -0.15) is 0 Å². The normalized spacial score (nSPS) is 19.9. The number of nitrogens with zero attached hydrogens (tertiary/aromatic N) is 3. The quantitative estimate of drug-likeness (QED) is 0.687. The molecule has 1 aromatic heterocycles. The molecule has 0 bridgehead atoms. The maximum atomic E-state index is 11.4. The van der Waals surface area contributed by atoms with E-state index in [9.17, 15) is 4.79 Å². The molecule has 2 N–H and O–H groups in total. The summed E-state index contributed by atoms with van der Waals surface area (Å²) >= 11 is 0. The number of benzene rings is 2. The molecule has 0 radical (unpaired) electrons. The summed E-state index contributed by atoms with van der Waals surface area (Å²) in [4.78, 5) is 21.1. The lowest BCUT2D eigenvalue weighted by Crippen LogP contribution is -2.47. The number of carbonyl (C=O) groups is 1. The molecule has 5 rings (SSSR count). The molecule has 2 aliphatic rings. The molecule has 2 aromatic carbocycles. The Hall–Kier alpha value is -2.96. The molecule has 0 aliphatic carbocycles. The topological polar surface area (TPSA) is 60.5 Å². The van der Waals surface area contributed by atoms with Gasteiger partial charge in [-0.15, -0.1) is 0 Å². The van der Waals surface area contributed by atoms with Gasteiger partial charge >= 0.3 is 0 Å². The summed E-state index contributed by atoms with van der Waals surface area (Å²) in [6, 6.07) is 21.2. The molecule has 0 spiro atoms. The third-order valence-electron chi connectivity index (χ3n) is 6.08. The number of carbonyl (C=O) groups excluding carboxylic acids is 1. The zero-order valence-electron chi connectivity index (χ0n) is 17.1. The van der Waals surface area contributed by atoms with Crippen LogP contribution in [0.4, 0.5) is 5.82 Å². The molecule has 1 amide bonds. The Morgan fingerprint density at radius 3 is 2.50 bits per heavy atom. The van der Waals surface area contributed by atoms with Crippen LogP contribution in [0.3, 0.4) is 0 Å². The number of amides is 1. The molecular formula is C24H27N5O. The van der Waals surface area contributed by atoms with Gasteiger partial charge < -0.3 is 10.2 Å². The molecule has 3 aromatic rings. The van der Waals surface area contributed by atoms with E-state index in [-0.39, 0.29) is 12.1 Å². The first kappa shape index (κ1) is 19.0. The minimum Gasteiger partial charge on any atom is -0.354 e. The number of piperazine rings is 1. The molecule has 2 saturated heterocycles. The maximum Gasteiger partial charge on any atom is 0.235 e. The summed E-state index contributed by atoms with van der Waals surface area (Å²) in [5.41, 5.74) is 3.51. The van der Waals surface area contributed by atoms with E-state index in [4.69, 9.17) is 4.98 Å². The number of hydrogen-bond acceptors (Lipinski definition) is 5. The van der Waals surface area contributed by atoms with E-state index in [1.165, 1.54) is 10.9 Å². The highest BCUT2D eigenvalue weighted by Gasteiger charge is 2.21. The number of pyridine rings is 1. The van der Waals surface area contributed by atoms with E-state index in [0.29, 0.717) is 6.54 Å². The number of anilines is 1. The number of hydrogen-bond donors (Lipinski definition) is 2. The Kier molecular flexibility index (Phi) is 5.34. The van der Waals surface area contributed by atoms with Crippen molar-refractivity contribution in [2.75, 3.05) is 44.2 Å². The van der Waals surface area contributed by atoms with E-state index in [1.54, 1.807) is 0 Å². The lowest BCUT2D eigenvalue weighted by atomic mass is 10.1. The Balaban J connectivity index is 1.12. The predicted molar refractivity (Wildman–Crippen MR) is 119 cm³/mol. The summed E-state index contributed by atoms with van der Waals surface area (Å²) in [7, 11) is 0. The zero-order chi connectivity index (χ0) is 20.3. The Morgan fingerprint density at radius 1 is 0.933 bits per heavy atom. The molecule has 2 fully saturated rings. The largest absolute Gasteiger partial charge is 0.354 e. The molecule has 2 aliphatic heterocycles. The highest BCUT2D eigenvalue weighted by atomic mass is 16.2. The van der Waals surface area contributed by atoms with E-state index < -0.39 is 0 Å². The second-order valence-electron chi connectivity index (χ2n) is 8.06. The third kappa shape index (κ3) is 4.15. The number of aromatic nitrogens is 1. The van der Waals surface area contributed by atoms with E-state index in [0.717, 1.165) is 56.0 Å². The SMILES string of the molecule is O=C1CNC(c2ccc(CCN3CCN(c4ccc5ccccc5n4)CC3)cc2)N1. The number of para-hydroxylation sites is 1. The van der Waals surface area contributed by atoms with Crippen molar-refractivity contribution in [3.63, 3.8) is 0 Å². The number of nitrogens with one attached hydrogen (secondary N) is 2. The summed E-state index contributed by atoms with van der Waals surface area (Å²) < 4.78 is 0. The van der Waals surface area contributed by atoms with Crippen LogP contribution in [0.25, 0.3) is 10.9 Å². The smallest absolute Gasteiger partial charge is 0.235 e. The van der Waals surface area contributed by atoms with Crippen LogP contribution in [0.1, 0.15) is 17.3 Å². The molecule has 0 saturated carbocycles. The van der Waals surface area contributed by atoms with Gasteiger partial charge in [-0.25, -0.2) is 4.98 Å². The van der Waals surface area contributed by atoms with Gasteiger partial charge in [0.2, 0.25) is 5.91 Å². The Labute approximate surface area is 176 Å². The van der Waals surface area contributed by atoms with Crippen molar-refractivity contribution in [3.05, 3.63) is 71.8 Å². The van der Waals surface area contributed by atoms with Crippen LogP contribution in [-0.2, 0) is 11.2 Å². The van der Waals surface area contributed by atoms with Gasteiger partial charge in [0.1, 0.15) is 12.0 Å². The molecule has 1 unspecified atom stereocenters.